The van der Waals surface area contributed by atoms with E-state index in [1.807, 2.05) is 0 Å². The first-order chi connectivity index (χ1) is 9.08. The van der Waals surface area contributed by atoms with E-state index >= 15 is 0 Å². The highest BCUT2D eigenvalue weighted by molar-refractivity contribution is 5.30. The summed E-state index contributed by atoms with van der Waals surface area (Å²) in [6, 6.07) is 2.93. The molecule has 0 aromatic heterocycles. The average molecular weight is 306 g/mol. The third kappa shape index (κ3) is 3.99. The van der Waals surface area contributed by atoms with Crippen LogP contribution >= 0.6 is 0 Å². The minimum atomic E-state index is -4.73. The maximum atomic E-state index is 12.6. The van der Waals surface area contributed by atoms with Gasteiger partial charge in [0, 0.05) is 0 Å². The fraction of sp³-hybridized carbons (Fsp3) is 0.455. The zero-order chi connectivity index (χ0) is 15.6. The van der Waals surface area contributed by atoms with Gasteiger partial charge in [0.1, 0.15) is 11.7 Å². The summed E-state index contributed by atoms with van der Waals surface area (Å²) in [5.41, 5.74) is -0.396. The van der Waals surface area contributed by atoms with Crippen LogP contribution in [0.15, 0.2) is 24.3 Å². The molecule has 0 spiro atoms. The maximum Gasteiger partial charge on any atom is 0.461 e. The van der Waals surface area contributed by atoms with Crippen LogP contribution in [0.1, 0.15) is 11.5 Å². The molecular weight excluding hydrogens is 297 g/mol. The second-order valence-corrected chi connectivity index (χ2v) is 3.81. The van der Waals surface area contributed by atoms with Gasteiger partial charge in [0.25, 0.3) is 0 Å². The average Bonchev–Trinajstić information content (AvgIpc) is 2.30. The Morgan fingerprint density at radius 3 is 1.85 bits per heavy atom. The molecule has 0 aliphatic rings. The number of hydrogen-bond acceptors (Lipinski definition) is 2. The van der Waals surface area contributed by atoms with Gasteiger partial charge in [-0.05, 0) is 17.7 Å². The summed E-state index contributed by atoms with van der Waals surface area (Å²) in [4.78, 5) is 0. The lowest BCUT2D eigenvalue weighted by Gasteiger charge is -2.20. The number of hydrogen-bond donors (Lipinski definition) is 1. The van der Waals surface area contributed by atoms with E-state index in [2.05, 4.69) is 4.74 Å². The molecule has 0 radical (unpaired) electrons. The lowest BCUT2D eigenvalue weighted by atomic mass is 9.99. The Bertz CT molecular complexity index is 427. The second kappa shape index (κ2) is 5.86. The minimum absolute atomic E-state index is 0.396. The van der Waals surface area contributed by atoms with E-state index in [0.29, 0.717) is 12.1 Å². The van der Waals surface area contributed by atoms with Gasteiger partial charge in [0.15, 0.2) is 0 Å². The minimum Gasteiger partial charge on any atom is -0.428 e. The Labute approximate surface area is 108 Å². The van der Waals surface area contributed by atoms with Crippen LogP contribution in [0, 0.1) is 0 Å². The van der Waals surface area contributed by atoms with Crippen molar-refractivity contribution in [3.05, 3.63) is 29.8 Å². The Morgan fingerprint density at radius 2 is 1.50 bits per heavy atom. The molecule has 1 N–H and O–H groups in total. The molecular formula is C11H9F7O2. The van der Waals surface area contributed by atoms with Gasteiger partial charge < -0.3 is 9.84 Å². The van der Waals surface area contributed by atoms with E-state index in [0.717, 1.165) is 12.1 Å². The molecule has 0 aliphatic carbocycles. The van der Waals surface area contributed by atoms with E-state index in [1.165, 1.54) is 0 Å². The van der Waals surface area contributed by atoms with Gasteiger partial charge in [-0.3, -0.25) is 0 Å². The number of aliphatic hydroxyl groups is 1. The fourth-order valence-electron chi connectivity index (χ4n) is 1.37. The van der Waals surface area contributed by atoms with Crippen LogP contribution in [-0.2, 0) is 0 Å². The highest BCUT2D eigenvalue weighted by Gasteiger charge is 2.44. The number of halogens is 7. The van der Waals surface area contributed by atoms with E-state index in [4.69, 9.17) is 5.11 Å². The molecule has 0 amide bonds. The van der Waals surface area contributed by atoms with E-state index in [1.54, 1.807) is 0 Å². The van der Waals surface area contributed by atoms with Crippen molar-refractivity contribution in [3.63, 3.8) is 0 Å². The third-order valence-corrected chi connectivity index (χ3v) is 2.37. The van der Waals surface area contributed by atoms with Gasteiger partial charge in [-0.25, -0.2) is 0 Å². The van der Waals surface area contributed by atoms with E-state index in [9.17, 15) is 30.7 Å². The fourth-order valence-corrected chi connectivity index (χ4v) is 1.37. The van der Waals surface area contributed by atoms with Crippen molar-refractivity contribution in [1.82, 2.24) is 0 Å². The smallest absolute Gasteiger partial charge is 0.428 e. The largest absolute Gasteiger partial charge is 0.461 e. The third-order valence-electron chi connectivity index (χ3n) is 2.37. The molecule has 1 unspecified atom stereocenters. The molecule has 0 saturated heterocycles. The van der Waals surface area contributed by atoms with Crippen molar-refractivity contribution in [2.75, 3.05) is 6.61 Å². The second-order valence-electron chi connectivity index (χ2n) is 3.81. The zero-order valence-electron chi connectivity index (χ0n) is 9.67. The van der Waals surface area contributed by atoms with Crippen molar-refractivity contribution in [1.29, 1.82) is 0 Å². The van der Waals surface area contributed by atoms with Crippen LogP contribution in [0.3, 0.4) is 0 Å². The van der Waals surface area contributed by atoms with Crippen molar-refractivity contribution >= 4 is 0 Å². The van der Waals surface area contributed by atoms with Crippen molar-refractivity contribution in [2.24, 2.45) is 0 Å². The molecule has 0 bridgehead atoms. The first-order valence-corrected chi connectivity index (χ1v) is 5.20. The number of aliphatic hydroxyl groups excluding tert-OH is 1. The summed E-state index contributed by atoms with van der Waals surface area (Å²) in [6.45, 7) is -1.23. The standard InChI is InChI=1S/C11H9F7O2/c12-9(13)11(17,18)20-7-3-1-6(2-4-7)8(5-19)10(14,15)16/h1-4,8-9,19H,5H2. The Morgan fingerprint density at radius 1 is 1.00 bits per heavy atom. The van der Waals surface area contributed by atoms with Gasteiger partial charge in [0.2, 0.25) is 0 Å². The van der Waals surface area contributed by atoms with Crippen LogP contribution in [0.5, 0.6) is 5.75 Å². The predicted molar refractivity (Wildman–Crippen MR) is 53.9 cm³/mol. The lowest BCUT2D eigenvalue weighted by molar-refractivity contribution is -0.253. The van der Waals surface area contributed by atoms with Crippen molar-refractivity contribution < 1.29 is 40.6 Å². The first kappa shape index (κ1) is 16.5. The predicted octanol–water partition coefficient (Wildman–Crippen LogP) is 3.56. The van der Waals surface area contributed by atoms with E-state index in [-0.39, 0.29) is 0 Å². The highest BCUT2D eigenvalue weighted by Crippen LogP contribution is 2.35. The van der Waals surface area contributed by atoms with Crippen LogP contribution in [-0.4, -0.2) is 30.4 Å². The summed E-state index contributed by atoms with van der Waals surface area (Å²) in [7, 11) is 0. The SMILES string of the molecule is OCC(c1ccc(OC(F)(F)C(F)F)cc1)C(F)(F)F. The molecule has 0 saturated carbocycles. The number of ether oxygens (including phenoxy) is 1. The number of alkyl halides is 7. The Kier molecular flexibility index (Phi) is 4.85. The molecule has 0 heterocycles. The highest BCUT2D eigenvalue weighted by atomic mass is 19.4. The summed E-state index contributed by atoms with van der Waals surface area (Å²) in [6.07, 6.45) is -13.5. The van der Waals surface area contributed by atoms with Gasteiger partial charge in [-0.15, -0.1) is 0 Å². The quantitative estimate of drug-likeness (QED) is 0.843. The molecule has 0 aliphatic heterocycles. The van der Waals surface area contributed by atoms with Crippen molar-refractivity contribution in [2.45, 2.75) is 24.6 Å². The summed E-state index contributed by atoms with van der Waals surface area (Å²) in [5, 5.41) is 8.67. The number of benzene rings is 1. The van der Waals surface area contributed by atoms with Gasteiger partial charge in [-0.2, -0.15) is 30.7 Å². The molecule has 0 fully saturated rings. The van der Waals surface area contributed by atoms with Gasteiger partial charge in [-0.1, -0.05) is 12.1 Å². The summed E-state index contributed by atoms with van der Waals surface area (Å²) < 4.78 is 89.9. The Hall–Kier alpha value is -1.51. The van der Waals surface area contributed by atoms with Gasteiger partial charge >= 0.3 is 18.7 Å². The molecule has 20 heavy (non-hydrogen) atoms. The normalized spacial score (nSPS) is 14.4. The molecule has 1 aromatic rings. The monoisotopic (exact) mass is 306 g/mol. The lowest BCUT2D eigenvalue weighted by Crippen LogP contribution is -2.33. The zero-order valence-corrected chi connectivity index (χ0v) is 9.67. The first-order valence-electron chi connectivity index (χ1n) is 5.20. The van der Waals surface area contributed by atoms with Crippen molar-refractivity contribution in [3.8, 4) is 5.75 Å². The topological polar surface area (TPSA) is 29.5 Å². The summed E-state index contributed by atoms with van der Waals surface area (Å²) >= 11 is 0. The van der Waals surface area contributed by atoms with Crippen LogP contribution in [0.2, 0.25) is 0 Å². The molecule has 1 atom stereocenters. The van der Waals surface area contributed by atoms with Gasteiger partial charge in [0.05, 0.1) is 6.61 Å². The van der Waals surface area contributed by atoms with E-state index < -0.39 is 42.5 Å². The maximum absolute atomic E-state index is 12.6. The molecule has 114 valence electrons. The van der Waals surface area contributed by atoms with Crippen LogP contribution in [0.25, 0.3) is 0 Å². The molecule has 1 aromatic carbocycles. The van der Waals surface area contributed by atoms with Crippen LogP contribution in [0.4, 0.5) is 30.7 Å². The Balaban J connectivity index is 2.89. The molecule has 1 rings (SSSR count). The summed E-state index contributed by atoms with van der Waals surface area (Å²) in [5.74, 6) is -2.90. The number of rotatable bonds is 5. The molecule has 2 nitrogen and oxygen atoms in total. The van der Waals surface area contributed by atoms with Crippen LogP contribution < -0.4 is 4.74 Å². The molecule has 9 heteroatoms.